The first-order valence-corrected chi connectivity index (χ1v) is 3.80. The smallest absolute Gasteiger partial charge is 0.0513 e. The first-order chi connectivity index (χ1) is 3.77. The van der Waals surface area contributed by atoms with E-state index in [1.54, 1.807) is 0 Å². The van der Waals surface area contributed by atoms with Crippen LogP contribution in [-0.2, 0) is 4.79 Å². The van der Waals surface area contributed by atoms with Crippen molar-refractivity contribution < 1.29 is 9.90 Å². The number of aliphatic carboxylic acids is 1. The van der Waals surface area contributed by atoms with Crippen molar-refractivity contribution in [2.24, 2.45) is 0 Å². The Balaban J connectivity index is 2.82. The molecule has 4 heteroatoms. The molecule has 0 spiro atoms. The topological polar surface area (TPSA) is 40.1 Å². The Morgan fingerprint density at radius 2 is 2.38 bits per heavy atom. The fourth-order valence-electron chi connectivity index (χ4n) is 0.210. The normalized spacial score (nSPS) is 9.12. The molecule has 0 aliphatic rings. The van der Waals surface area contributed by atoms with E-state index in [1.807, 2.05) is 0 Å². The van der Waals surface area contributed by atoms with Crippen LogP contribution in [0.25, 0.3) is 0 Å². The highest BCUT2D eigenvalue weighted by atomic mass is 35.5. The average molecular weight is 154 g/mol. The van der Waals surface area contributed by atoms with Crippen molar-refractivity contribution in [3.05, 3.63) is 0 Å². The number of carboxylic acid groups (broad SMARTS) is 1. The van der Waals surface area contributed by atoms with Gasteiger partial charge >= 0.3 is 0 Å². The van der Waals surface area contributed by atoms with Crippen molar-refractivity contribution in [2.45, 2.75) is 0 Å². The summed E-state index contributed by atoms with van der Waals surface area (Å²) < 4.78 is 0. The zero-order valence-corrected chi connectivity index (χ0v) is 5.80. The van der Waals surface area contributed by atoms with E-state index in [4.69, 9.17) is 11.6 Å². The van der Waals surface area contributed by atoms with E-state index in [0.717, 1.165) is 0 Å². The Kier molecular flexibility index (Phi) is 5.32. The monoisotopic (exact) mass is 153 g/mol. The molecule has 0 aliphatic heterocycles. The highest BCUT2D eigenvalue weighted by molar-refractivity contribution is 7.99. The Hall–Kier alpha value is 0.110. The van der Waals surface area contributed by atoms with E-state index in [9.17, 15) is 9.90 Å². The second kappa shape index (κ2) is 5.25. The lowest BCUT2D eigenvalue weighted by Crippen LogP contribution is -2.24. The molecule has 0 radical (unpaired) electrons. The van der Waals surface area contributed by atoms with Gasteiger partial charge in [0.1, 0.15) is 0 Å². The minimum atomic E-state index is -1.03. The molecule has 0 amide bonds. The summed E-state index contributed by atoms with van der Waals surface area (Å²) in [4.78, 5) is 9.70. The highest BCUT2D eigenvalue weighted by Crippen LogP contribution is 1.97. The minimum Gasteiger partial charge on any atom is -0.549 e. The van der Waals surface area contributed by atoms with Crippen LogP contribution in [0.4, 0.5) is 0 Å². The van der Waals surface area contributed by atoms with Gasteiger partial charge in [-0.15, -0.1) is 11.6 Å². The van der Waals surface area contributed by atoms with Crippen molar-refractivity contribution in [1.29, 1.82) is 0 Å². The number of carboxylic acids is 1. The summed E-state index contributed by atoms with van der Waals surface area (Å²) in [5.41, 5.74) is 0. The van der Waals surface area contributed by atoms with Crippen LogP contribution in [0.2, 0.25) is 0 Å². The quantitative estimate of drug-likeness (QED) is 0.412. The van der Waals surface area contributed by atoms with Crippen molar-refractivity contribution >= 4 is 29.3 Å². The molecular weight excluding hydrogens is 148 g/mol. The maximum absolute atomic E-state index is 9.70. The van der Waals surface area contributed by atoms with Crippen LogP contribution >= 0.6 is 23.4 Å². The standard InChI is InChI=1S/C4H7ClO2S/c5-1-2-8-3-4(6)7/h1-3H2,(H,6,7)/p-1. The molecule has 0 saturated heterocycles. The lowest BCUT2D eigenvalue weighted by molar-refractivity contribution is -0.301. The summed E-state index contributed by atoms with van der Waals surface area (Å²) >= 11 is 6.52. The van der Waals surface area contributed by atoms with Gasteiger partial charge in [0.15, 0.2) is 0 Å². The van der Waals surface area contributed by atoms with Gasteiger partial charge in [-0.2, -0.15) is 11.8 Å². The molecule has 0 rings (SSSR count). The fraction of sp³-hybridized carbons (Fsp3) is 0.750. The zero-order chi connectivity index (χ0) is 6.41. The first-order valence-electron chi connectivity index (χ1n) is 2.11. The first kappa shape index (κ1) is 8.11. The Bertz CT molecular complexity index is 76.4. The number of hydrogen-bond acceptors (Lipinski definition) is 3. The maximum atomic E-state index is 9.70. The molecule has 0 aliphatic carbocycles. The molecule has 0 N–H and O–H groups in total. The predicted octanol–water partition coefficient (Wildman–Crippen LogP) is -0.292. The van der Waals surface area contributed by atoms with Crippen LogP contribution < -0.4 is 5.11 Å². The van der Waals surface area contributed by atoms with Gasteiger partial charge in [0.2, 0.25) is 0 Å². The van der Waals surface area contributed by atoms with E-state index < -0.39 is 5.97 Å². The summed E-state index contributed by atoms with van der Waals surface area (Å²) in [6, 6.07) is 0. The predicted molar refractivity (Wildman–Crippen MR) is 33.1 cm³/mol. The van der Waals surface area contributed by atoms with Crippen molar-refractivity contribution in [3.8, 4) is 0 Å². The van der Waals surface area contributed by atoms with Gasteiger partial charge in [-0.3, -0.25) is 0 Å². The molecule has 0 unspecified atom stereocenters. The van der Waals surface area contributed by atoms with Crippen LogP contribution in [0.3, 0.4) is 0 Å². The number of alkyl halides is 1. The minimum absolute atomic E-state index is 0.0483. The maximum Gasteiger partial charge on any atom is 0.0513 e. The Morgan fingerprint density at radius 3 is 2.75 bits per heavy atom. The van der Waals surface area contributed by atoms with Gasteiger partial charge in [0, 0.05) is 17.4 Å². The molecule has 0 heterocycles. The van der Waals surface area contributed by atoms with Crippen LogP contribution in [0.5, 0.6) is 0 Å². The summed E-state index contributed by atoms with van der Waals surface area (Å²) in [5.74, 6) is 0.195. The van der Waals surface area contributed by atoms with Crippen molar-refractivity contribution in [2.75, 3.05) is 17.4 Å². The molecule has 0 aromatic rings. The summed E-state index contributed by atoms with van der Waals surface area (Å²) in [5, 5.41) is 9.70. The van der Waals surface area contributed by atoms with Crippen molar-refractivity contribution in [1.82, 2.24) is 0 Å². The molecule has 0 saturated carbocycles. The molecule has 2 nitrogen and oxygen atoms in total. The Morgan fingerprint density at radius 1 is 1.75 bits per heavy atom. The van der Waals surface area contributed by atoms with E-state index in [0.29, 0.717) is 11.6 Å². The zero-order valence-electron chi connectivity index (χ0n) is 4.22. The molecule has 0 aromatic heterocycles. The van der Waals surface area contributed by atoms with Gasteiger partial charge in [0.25, 0.3) is 0 Å². The Labute approximate surface area is 57.2 Å². The van der Waals surface area contributed by atoms with E-state index >= 15 is 0 Å². The molecule has 0 aromatic carbocycles. The number of halogens is 1. The van der Waals surface area contributed by atoms with Gasteiger partial charge in [-0.1, -0.05) is 0 Å². The molecule has 0 atom stereocenters. The van der Waals surface area contributed by atoms with Crippen LogP contribution in [0, 0.1) is 0 Å². The summed E-state index contributed by atoms with van der Waals surface area (Å²) in [7, 11) is 0. The largest absolute Gasteiger partial charge is 0.549 e. The van der Waals surface area contributed by atoms with Gasteiger partial charge in [-0.25, -0.2) is 0 Å². The third kappa shape index (κ3) is 6.11. The SMILES string of the molecule is O=C([O-])CSCCCl. The highest BCUT2D eigenvalue weighted by Gasteiger charge is 1.84. The fourth-order valence-corrected chi connectivity index (χ4v) is 0.957. The van der Waals surface area contributed by atoms with E-state index in [-0.39, 0.29) is 5.75 Å². The van der Waals surface area contributed by atoms with Crippen LogP contribution in [-0.4, -0.2) is 23.4 Å². The number of hydrogen-bond donors (Lipinski definition) is 0. The third-order valence-electron chi connectivity index (χ3n) is 0.441. The molecule has 0 bridgehead atoms. The van der Waals surface area contributed by atoms with E-state index in [2.05, 4.69) is 0 Å². The van der Waals surface area contributed by atoms with Crippen molar-refractivity contribution in [3.63, 3.8) is 0 Å². The second-order valence-electron chi connectivity index (χ2n) is 1.11. The number of carbonyl (C=O) groups excluding carboxylic acids is 1. The molecule has 0 fully saturated rings. The van der Waals surface area contributed by atoms with E-state index in [1.165, 1.54) is 11.8 Å². The second-order valence-corrected chi connectivity index (χ2v) is 2.60. The molecule has 48 valence electrons. The molecule has 8 heavy (non-hydrogen) atoms. The third-order valence-corrected chi connectivity index (χ3v) is 1.79. The number of carbonyl (C=O) groups is 1. The lowest BCUT2D eigenvalue weighted by Gasteiger charge is -1.97. The number of thioether (sulfide) groups is 1. The van der Waals surface area contributed by atoms with Gasteiger partial charge in [0.05, 0.1) is 5.97 Å². The number of rotatable bonds is 4. The van der Waals surface area contributed by atoms with Crippen LogP contribution in [0.15, 0.2) is 0 Å². The van der Waals surface area contributed by atoms with Gasteiger partial charge < -0.3 is 9.90 Å². The summed E-state index contributed by atoms with van der Waals surface area (Å²) in [6.07, 6.45) is 0. The molecular formula is C4H6ClO2S-. The average Bonchev–Trinajstić information content (AvgIpc) is 1.66. The summed E-state index contributed by atoms with van der Waals surface area (Å²) in [6.45, 7) is 0. The van der Waals surface area contributed by atoms with Gasteiger partial charge in [-0.05, 0) is 0 Å². The van der Waals surface area contributed by atoms with Crippen LogP contribution in [0.1, 0.15) is 0 Å². The lowest BCUT2D eigenvalue weighted by atomic mass is 10.8.